The summed E-state index contributed by atoms with van der Waals surface area (Å²) >= 11 is 1.64. The lowest BCUT2D eigenvalue weighted by molar-refractivity contribution is -0.155. The van der Waals surface area contributed by atoms with Gasteiger partial charge < -0.3 is 19.6 Å². The number of unbranched alkanes of at least 4 members (excludes halogenated alkanes) is 1. The molecule has 3 aliphatic rings. The summed E-state index contributed by atoms with van der Waals surface area (Å²) in [6.07, 6.45) is 6.49. The number of rotatable bonds is 12. The van der Waals surface area contributed by atoms with Gasteiger partial charge in [-0.1, -0.05) is 24.3 Å². The first-order valence-electron chi connectivity index (χ1n) is 13.5. The molecule has 5 atom stereocenters. The van der Waals surface area contributed by atoms with Crippen molar-refractivity contribution in [2.75, 3.05) is 31.2 Å². The Kier molecular flexibility index (Phi) is 8.43. The molecule has 38 heavy (non-hydrogen) atoms. The van der Waals surface area contributed by atoms with Gasteiger partial charge in [0.1, 0.15) is 6.04 Å². The van der Waals surface area contributed by atoms with Crippen LogP contribution < -0.4 is 4.90 Å². The summed E-state index contributed by atoms with van der Waals surface area (Å²) in [5, 5.41) is 9.40. The average molecular weight is 541 g/mol. The summed E-state index contributed by atoms with van der Waals surface area (Å²) < 4.78 is 4.44. The van der Waals surface area contributed by atoms with Crippen LogP contribution in [0.1, 0.15) is 50.2 Å². The van der Waals surface area contributed by atoms with Crippen LogP contribution in [0.4, 0.5) is 5.69 Å². The number of nitrogens with zero attached hydrogens (tertiary/aromatic N) is 2. The van der Waals surface area contributed by atoms with Crippen molar-refractivity contribution in [2.24, 2.45) is 11.8 Å². The Bertz CT molecular complexity index is 1120. The van der Waals surface area contributed by atoms with Crippen molar-refractivity contribution >= 4 is 35.2 Å². The van der Waals surface area contributed by atoms with Crippen LogP contribution in [0, 0.1) is 25.7 Å². The highest BCUT2D eigenvalue weighted by Gasteiger charge is 2.77. The highest BCUT2D eigenvalue weighted by Crippen LogP contribution is 2.71. The van der Waals surface area contributed by atoms with Gasteiger partial charge in [-0.15, -0.1) is 24.9 Å². The van der Waals surface area contributed by atoms with Crippen molar-refractivity contribution in [3.05, 3.63) is 54.6 Å². The van der Waals surface area contributed by atoms with Gasteiger partial charge in [0.25, 0.3) is 5.91 Å². The van der Waals surface area contributed by atoms with Gasteiger partial charge in [0.2, 0.25) is 5.91 Å². The summed E-state index contributed by atoms with van der Waals surface area (Å²) in [6, 6.07) is 5.30. The molecule has 0 saturated carbocycles. The molecule has 0 aromatic heterocycles. The molecule has 1 aromatic carbocycles. The summed E-state index contributed by atoms with van der Waals surface area (Å²) in [4.78, 5) is 45.6. The predicted octanol–water partition coefficient (Wildman–Crippen LogP) is 4.20. The lowest BCUT2D eigenvalue weighted by Crippen LogP contribution is -2.55. The zero-order valence-electron chi connectivity index (χ0n) is 22.8. The number of hydrogen-bond acceptors (Lipinski definition) is 6. The number of hydrogen-bond donors (Lipinski definition) is 1. The third-order valence-electron chi connectivity index (χ3n) is 8.37. The smallest absolute Gasteiger partial charge is 0.311 e. The van der Waals surface area contributed by atoms with Crippen molar-refractivity contribution in [3.8, 4) is 0 Å². The van der Waals surface area contributed by atoms with Crippen LogP contribution in [-0.4, -0.2) is 69.6 Å². The second-order valence-corrected chi connectivity index (χ2v) is 12.9. The van der Waals surface area contributed by atoms with Crippen molar-refractivity contribution < 1.29 is 24.2 Å². The van der Waals surface area contributed by atoms with Crippen LogP contribution in [0.3, 0.4) is 0 Å². The summed E-state index contributed by atoms with van der Waals surface area (Å²) in [5.41, 5.74) is 2.81. The first-order valence-corrected chi connectivity index (χ1v) is 14.4. The Labute approximate surface area is 230 Å². The molecule has 3 fully saturated rings. The van der Waals surface area contributed by atoms with Crippen LogP contribution in [0.5, 0.6) is 0 Å². The molecule has 3 saturated heterocycles. The fourth-order valence-electron chi connectivity index (χ4n) is 6.62. The Hall–Kier alpha value is -2.58. The van der Waals surface area contributed by atoms with E-state index >= 15 is 0 Å². The molecule has 206 valence electrons. The summed E-state index contributed by atoms with van der Waals surface area (Å²) in [6.45, 7) is 14.5. The van der Waals surface area contributed by atoms with Crippen LogP contribution in [0.25, 0.3) is 0 Å². The molecule has 8 heteroatoms. The van der Waals surface area contributed by atoms with Gasteiger partial charge in [0, 0.05) is 30.1 Å². The number of carbonyl (C=O) groups is 3. The lowest BCUT2D eigenvalue weighted by Gasteiger charge is -2.37. The predicted molar refractivity (Wildman–Crippen MR) is 151 cm³/mol. The van der Waals surface area contributed by atoms with E-state index in [0.717, 1.165) is 23.2 Å². The fraction of sp³-hybridized carbons (Fsp3) is 0.567. The van der Waals surface area contributed by atoms with Gasteiger partial charge in [-0.05, 0) is 70.1 Å². The Morgan fingerprint density at radius 1 is 1.24 bits per heavy atom. The number of amides is 2. The molecular formula is C30H40N2O5S. The van der Waals surface area contributed by atoms with Gasteiger partial charge in [0.05, 0.1) is 23.2 Å². The van der Waals surface area contributed by atoms with Crippen molar-refractivity contribution in [3.63, 3.8) is 0 Å². The van der Waals surface area contributed by atoms with E-state index < -0.39 is 27.4 Å². The SMILES string of the molecule is C=CCCOC(=O)[C@H]1[C@H]2C(=O)N(CCCCO)C(C(=O)N(CC=C)c3cc(C)ccc3C)C23CC[C@]1(C)S3. The minimum Gasteiger partial charge on any atom is -0.465 e. The van der Waals surface area contributed by atoms with E-state index in [4.69, 9.17) is 4.74 Å². The van der Waals surface area contributed by atoms with Gasteiger partial charge in [-0.2, -0.15) is 0 Å². The van der Waals surface area contributed by atoms with E-state index in [1.807, 2.05) is 39.0 Å². The molecule has 7 nitrogen and oxygen atoms in total. The highest BCUT2D eigenvalue weighted by molar-refractivity contribution is 8.02. The standard InChI is InChI=1S/C30H40N2O5S/c1-6-8-18-37-28(36)24-23-26(34)32(16-9-10-17-33)25(30(23)14-13-29(24,5)38-30)27(35)31(15-7-2)22-19-20(3)11-12-21(22)4/h6-7,11-12,19,23-25,33H,1-2,8-10,13-18H2,3-5H3/t23-,24+,25?,29-,30?/m0/s1. The first kappa shape index (κ1) is 28.4. The van der Waals surface area contributed by atoms with Crippen LogP contribution in [0.2, 0.25) is 0 Å². The molecule has 1 spiro atoms. The summed E-state index contributed by atoms with van der Waals surface area (Å²) in [5.74, 6) is -1.87. The Morgan fingerprint density at radius 3 is 2.68 bits per heavy atom. The highest BCUT2D eigenvalue weighted by atomic mass is 32.2. The second kappa shape index (κ2) is 11.3. The average Bonchev–Trinajstić information content (AvgIpc) is 3.45. The molecule has 0 aliphatic carbocycles. The molecule has 0 radical (unpaired) electrons. The van der Waals surface area contributed by atoms with Gasteiger partial charge in [0.15, 0.2) is 0 Å². The number of ether oxygens (including phenoxy) is 1. The number of anilines is 1. The number of likely N-dealkylation sites (tertiary alicyclic amines) is 1. The first-order chi connectivity index (χ1) is 18.1. The maximum absolute atomic E-state index is 14.6. The van der Waals surface area contributed by atoms with E-state index in [0.29, 0.717) is 38.8 Å². The molecule has 4 rings (SSSR count). The molecule has 1 N–H and O–H groups in total. The van der Waals surface area contributed by atoms with Crippen LogP contribution in [0.15, 0.2) is 43.5 Å². The monoisotopic (exact) mass is 540 g/mol. The number of aliphatic hydroxyl groups is 1. The molecule has 3 heterocycles. The van der Waals surface area contributed by atoms with Gasteiger partial charge in [-0.3, -0.25) is 14.4 Å². The van der Waals surface area contributed by atoms with Gasteiger partial charge in [-0.25, -0.2) is 0 Å². The molecular weight excluding hydrogens is 500 g/mol. The quantitative estimate of drug-likeness (QED) is 0.243. The molecule has 2 amide bonds. The number of thioether (sulfide) groups is 1. The van der Waals surface area contributed by atoms with Gasteiger partial charge >= 0.3 is 5.97 Å². The lowest BCUT2D eigenvalue weighted by atomic mass is 9.66. The second-order valence-electron chi connectivity index (χ2n) is 11.0. The zero-order chi connectivity index (χ0) is 27.7. The number of fused-ring (bicyclic) bond motifs is 1. The minimum absolute atomic E-state index is 0.0192. The third-order valence-corrected chi connectivity index (χ3v) is 10.4. The normalized spacial score (nSPS) is 29.3. The largest absolute Gasteiger partial charge is 0.465 e. The van der Waals surface area contributed by atoms with E-state index in [1.54, 1.807) is 33.7 Å². The van der Waals surface area contributed by atoms with E-state index in [9.17, 15) is 19.5 Å². The number of esters is 1. The number of carbonyl (C=O) groups excluding carboxylic acids is 3. The summed E-state index contributed by atoms with van der Waals surface area (Å²) in [7, 11) is 0. The van der Waals surface area contributed by atoms with Crippen LogP contribution >= 0.6 is 11.8 Å². The molecule has 1 aromatic rings. The number of aryl methyl sites for hydroxylation is 2. The maximum Gasteiger partial charge on any atom is 0.311 e. The Balaban J connectivity index is 1.77. The topological polar surface area (TPSA) is 87.1 Å². The van der Waals surface area contributed by atoms with E-state index in [1.165, 1.54) is 0 Å². The van der Waals surface area contributed by atoms with Crippen molar-refractivity contribution in [1.29, 1.82) is 0 Å². The fourth-order valence-corrected chi connectivity index (χ4v) is 8.96. The Morgan fingerprint density at radius 2 is 2.00 bits per heavy atom. The molecule has 2 unspecified atom stereocenters. The maximum atomic E-state index is 14.6. The van der Waals surface area contributed by atoms with Crippen LogP contribution in [-0.2, 0) is 19.1 Å². The third kappa shape index (κ3) is 4.70. The molecule has 2 bridgehead atoms. The zero-order valence-corrected chi connectivity index (χ0v) is 23.6. The van der Waals surface area contributed by atoms with E-state index in [-0.39, 0.29) is 31.0 Å². The molecule has 3 aliphatic heterocycles. The van der Waals surface area contributed by atoms with E-state index in [2.05, 4.69) is 13.2 Å². The van der Waals surface area contributed by atoms with Crippen molar-refractivity contribution in [2.45, 2.75) is 68.4 Å². The number of benzene rings is 1. The van der Waals surface area contributed by atoms with Crippen molar-refractivity contribution in [1.82, 2.24) is 4.90 Å². The minimum atomic E-state index is -0.712. The number of aliphatic hydroxyl groups excluding tert-OH is 1.